The first kappa shape index (κ1) is 17.1. The van der Waals surface area contributed by atoms with Gasteiger partial charge in [-0.3, -0.25) is 4.79 Å². The average molecular weight is 321 g/mol. The highest BCUT2D eigenvalue weighted by molar-refractivity contribution is 5.76. The van der Waals surface area contributed by atoms with Crippen LogP contribution in [0.1, 0.15) is 31.2 Å². The van der Waals surface area contributed by atoms with Crippen LogP contribution in [0.3, 0.4) is 0 Å². The number of nitrogens with zero attached hydrogens (tertiary/aromatic N) is 2. The summed E-state index contributed by atoms with van der Waals surface area (Å²) in [6.45, 7) is 3.53. The maximum atomic E-state index is 13.6. The van der Waals surface area contributed by atoms with Gasteiger partial charge >= 0.3 is 0 Å². The Hall–Kier alpha value is -2.28. The molecule has 0 aliphatic heterocycles. The monoisotopic (exact) mass is 321 g/mol. The molecule has 23 heavy (non-hydrogen) atoms. The van der Waals surface area contributed by atoms with Gasteiger partial charge in [0.2, 0.25) is 17.6 Å². The van der Waals surface area contributed by atoms with E-state index in [4.69, 9.17) is 9.63 Å². The quantitative estimate of drug-likeness (QED) is 0.814. The van der Waals surface area contributed by atoms with E-state index >= 15 is 0 Å². The summed E-state index contributed by atoms with van der Waals surface area (Å²) in [6.07, 6.45) is 1.02. The second-order valence-corrected chi connectivity index (χ2v) is 5.46. The molecular formula is C16H20FN3O3. The topological polar surface area (TPSA) is 88.2 Å². The normalized spacial score (nSPS) is 12.2. The van der Waals surface area contributed by atoms with Crippen molar-refractivity contribution in [2.75, 3.05) is 6.61 Å². The van der Waals surface area contributed by atoms with Gasteiger partial charge in [-0.1, -0.05) is 17.3 Å². The summed E-state index contributed by atoms with van der Waals surface area (Å²) in [4.78, 5) is 15.9. The summed E-state index contributed by atoms with van der Waals surface area (Å²) >= 11 is 0. The summed E-state index contributed by atoms with van der Waals surface area (Å²) in [5, 5.41) is 15.4. The van der Waals surface area contributed by atoms with Crippen LogP contribution in [-0.2, 0) is 11.2 Å². The van der Waals surface area contributed by atoms with Gasteiger partial charge < -0.3 is 14.9 Å². The third kappa shape index (κ3) is 4.85. The standard InChI is InChI=1S/C16H20FN3O3/c1-10-3-4-12(9-13(10)17)16-19-15(23-20-16)6-5-14(22)18-11(2)7-8-21/h3-4,9,11,21H,5-8H2,1-2H3,(H,18,22). The van der Waals surface area contributed by atoms with Gasteiger partial charge in [0.15, 0.2) is 0 Å². The van der Waals surface area contributed by atoms with Gasteiger partial charge in [-0.25, -0.2) is 4.39 Å². The average Bonchev–Trinajstić information content (AvgIpc) is 2.97. The van der Waals surface area contributed by atoms with E-state index in [9.17, 15) is 9.18 Å². The van der Waals surface area contributed by atoms with Gasteiger partial charge in [-0.15, -0.1) is 0 Å². The smallest absolute Gasteiger partial charge is 0.227 e. The molecule has 0 saturated carbocycles. The lowest BCUT2D eigenvalue weighted by Crippen LogP contribution is -2.33. The second kappa shape index (κ2) is 7.82. The number of halogens is 1. The zero-order valence-corrected chi connectivity index (χ0v) is 13.2. The minimum atomic E-state index is -0.328. The third-order valence-electron chi connectivity index (χ3n) is 3.43. The zero-order valence-electron chi connectivity index (χ0n) is 13.2. The molecule has 1 unspecified atom stereocenters. The molecule has 2 aromatic rings. The van der Waals surface area contributed by atoms with Crippen molar-refractivity contribution in [2.24, 2.45) is 0 Å². The number of hydrogen-bond acceptors (Lipinski definition) is 5. The van der Waals surface area contributed by atoms with Crippen molar-refractivity contribution in [3.05, 3.63) is 35.5 Å². The first-order valence-electron chi connectivity index (χ1n) is 7.49. The van der Waals surface area contributed by atoms with Crippen LogP contribution in [0.25, 0.3) is 11.4 Å². The fraction of sp³-hybridized carbons (Fsp3) is 0.438. The van der Waals surface area contributed by atoms with E-state index < -0.39 is 0 Å². The molecule has 0 saturated heterocycles. The number of hydrogen-bond donors (Lipinski definition) is 2. The number of aryl methyl sites for hydroxylation is 2. The fourth-order valence-corrected chi connectivity index (χ4v) is 2.04. The van der Waals surface area contributed by atoms with Crippen LogP contribution in [-0.4, -0.2) is 33.8 Å². The van der Waals surface area contributed by atoms with Gasteiger partial charge in [-0.2, -0.15) is 4.98 Å². The summed E-state index contributed by atoms with van der Waals surface area (Å²) < 4.78 is 18.6. The van der Waals surface area contributed by atoms with Crippen molar-refractivity contribution in [2.45, 2.75) is 39.2 Å². The van der Waals surface area contributed by atoms with Crippen LogP contribution in [0.2, 0.25) is 0 Å². The summed E-state index contributed by atoms with van der Waals surface area (Å²) in [6, 6.07) is 4.64. The Morgan fingerprint density at radius 1 is 1.48 bits per heavy atom. The van der Waals surface area contributed by atoms with E-state index in [0.29, 0.717) is 35.7 Å². The maximum Gasteiger partial charge on any atom is 0.227 e. The number of nitrogens with one attached hydrogen (secondary N) is 1. The van der Waals surface area contributed by atoms with Crippen molar-refractivity contribution < 1.29 is 18.8 Å². The molecule has 6 nitrogen and oxygen atoms in total. The van der Waals surface area contributed by atoms with Crippen LogP contribution in [0.4, 0.5) is 4.39 Å². The number of carbonyl (C=O) groups is 1. The van der Waals surface area contributed by atoms with Gasteiger partial charge in [0.25, 0.3) is 0 Å². The van der Waals surface area contributed by atoms with Crippen LogP contribution in [0.15, 0.2) is 22.7 Å². The molecule has 0 aliphatic rings. The maximum absolute atomic E-state index is 13.6. The predicted molar refractivity (Wildman–Crippen MR) is 82.1 cm³/mol. The number of aliphatic hydroxyl groups is 1. The SMILES string of the molecule is Cc1ccc(-c2noc(CCC(=O)NC(C)CCO)n2)cc1F. The van der Waals surface area contributed by atoms with Crippen molar-refractivity contribution in [3.8, 4) is 11.4 Å². The highest BCUT2D eigenvalue weighted by Gasteiger charge is 2.13. The first-order chi connectivity index (χ1) is 11.0. The second-order valence-electron chi connectivity index (χ2n) is 5.46. The molecule has 1 heterocycles. The molecule has 1 aromatic carbocycles. The van der Waals surface area contributed by atoms with Crippen LogP contribution in [0.5, 0.6) is 0 Å². The van der Waals surface area contributed by atoms with E-state index in [1.165, 1.54) is 6.07 Å². The fourth-order valence-electron chi connectivity index (χ4n) is 2.04. The highest BCUT2D eigenvalue weighted by atomic mass is 19.1. The number of carbonyl (C=O) groups excluding carboxylic acids is 1. The summed E-state index contributed by atoms with van der Waals surface area (Å²) in [5.41, 5.74) is 1.08. The highest BCUT2D eigenvalue weighted by Crippen LogP contribution is 2.19. The van der Waals surface area contributed by atoms with Crippen LogP contribution < -0.4 is 5.32 Å². The molecule has 124 valence electrons. The molecule has 0 spiro atoms. The van der Waals surface area contributed by atoms with Crippen molar-refractivity contribution in [1.29, 1.82) is 0 Å². The van der Waals surface area contributed by atoms with E-state index in [1.807, 2.05) is 6.92 Å². The summed E-state index contributed by atoms with van der Waals surface area (Å²) in [7, 11) is 0. The molecule has 1 aromatic heterocycles. The van der Waals surface area contributed by atoms with E-state index in [0.717, 1.165) is 0 Å². The van der Waals surface area contributed by atoms with Gasteiger partial charge in [0, 0.05) is 31.1 Å². The Balaban J connectivity index is 1.92. The van der Waals surface area contributed by atoms with E-state index in [2.05, 4.69) is 15.5 Å². The van der Waals surface area contributed by atoms with Crippen LogP contribution in [0, 0.1) is 12.7 Å². The molecule has 1 atom stereocenters. The van der Waals surface area contributed by atoms with Crippen molar-refractivity contribution in [3.63, 3.8) is 0 Å². The zero-order chi connectivity index (χ0) is 16.8. The number of rotatable bonds is 7. The number of aliphatic hydroxyl groups excluding tert-OH is 1. The lowest BCUT2D eigenvalue weighted by Gasteiger charge is -2.11. The number of benzene rings is 1. The molecule has 2 N–H and O–H groups in total. The Labute approximate surface area is 133 Å². The third-order valence-corrected chi connectivity index (χ3v) is 3.43. The van der Waals surface area contributed by atoms with Crippen LogP contribution >= 0.6 is 0 Å². The van der Waals surface area contributed by atoms with Gasteiger partial charge in [0.1, 0.15) is 5.82 Å². The minimum absolute atomic E-state index is 0.0293. The largest absolute Gasteiger partial charge is 0.396 e. The molecule has 1 amide bonds. The van der Waals surface area contributed by atoms with Gasteiger partial charge in [0.05, 0.1) is 0 Å². The molecule has 0 fully saturated rings. The molecular weight excluding hydrogens is 301 g/mol. The molecule has 7 heteroatoms. The lowest BCUT2D eigenvalue weighted by molar-refractivity contribution is -0.121. The van der Waals surface area contributed by atoms with Crippen molar-refractivity contribution >= 4 is 5.91 Å². The minimum Gasteiger partial charge on any atom is -0.396 e. The first-order valence-corrected chi connectivity index (χ1v) is 7.49. The lowest BCUT2D eigenvalue weighted by atomic mass is 10.1. The Kier molecular flexibility index (Phi) is 5.81. The van der Waals surface area contributed by atoms with Crippen molar-refractivity contribution in [1.82, 2.24) is 15.5 Å². The molecule has 0 radical (unpaired) electrons. The Bertz CT molecular complexity index is 672. The Morgan fingerprint density at radius 2 is 2.26 bits per heavy atom. The molecule has 2 rings (SSSR count). The van der Waals surface area contributed by atoms with Gasteiger partial charge in [-0.05, 0) is 31.9 Å². The number of amides is 1. The molecule has 0 aliphatic carbocycles. The number of aromatic nitrogens is 2. The molecule has 0 bridgehead atoms. The van der Waals surface area contributed by atoms with E-state index in [1.54, 1.807) is 19.1 Å². The predicted octanol–water partition coefficient (Wildman–Crippen LogP) is 2.00. The Morgan fingerprint density at radius 3 is 2.96 bits per heavy atom. The summed E-state index contributed by atoms with van der Waals surface area (Å²) in [5.74, 6) is 0.150. The van der Waals surface area contributed by atoms with E-state index in [-0.39, 0.29) is 30.8 Å².